The number of halogens is 1. The van der Waals surface area contributed by atoms with Crippen molar-refractivity contribution in [3.05, 3.63) is 88.2 Å². The molecule has 0 bridgehead atoms. The number of carbonyl (C=O) groups is 3. The molecule has 39 heavy (non-hydrogen) atoms. The molecule has 204 valence electrons. The topological polar surface area (TPSA) is 121 Å². The first-order chi connectivity index (χ1) is 18.6. The highest BCUT2D eigenvalue weighted by molar-refractivity contribution is 6.29. The van der Waals surface area contributed by atoms with Crippen LogP contribution in [0.15, 0.2) is 60.8 Å². The van der Waals surface area contributed by atoms with Gasteiger partial charge in [0.25, 0.3) is 11.8 Å². The number of hydrogen-bond donors (Lipinski definition) is 3. The van der Waals surface area contributed by atoms with E-state index in [0.717, 1.165) is 11.3 Å². The van der Waals surface area contributed by atoms with E-state index in [1.807, 2.05) is 32.9 Å². The fourth-order valence-corrected chi connectivity index (χ4v) is 4.77. The van der Waals surface area contributed by atoms with Crippen LogP contribution in [0.25, 0.3) is 0 Å². The molecular formula is C29H31ClN4O5. The summed E-state index contributed by atoms with van der Waals surface area (Å²) in [5, 5.41) is 15.5. The van der Waals surface area contributed by atoms with Gasteiger partial charge in [-0.05, 0) is 56.7 Å². The summed E-state index contributed by atoms with van der Waals surface area (Å²) in [7, 11) is 0. The zero-order chi connectivity index (χ0) is 28.1. The summed E-state index contributed by atoms with van der Waals surface area (Å²) in [6.45, 7) is 7.04. The fourth-order valence-electron chi connectivity index (χ4n) is 4.65. The second kappa shape index (κ2) is 12.3. The van der Waals surface area contributed by atoms with E-state index in [2.05, 4.69) is 20.5 Å². The summed E-state index contributed by atoms with van der Waals surface area (Å²) in [6.07, 6.45) is 1.11. The molecule has 4 rings (SSSR count). The molecule has 1 aromatic heterocycles. The van der Waals surface area contributed by atoms with E-state index in [4.69, 9.17) is 16.3 Å². The van der Waals surface area contributed by atoms with Gasteiger partial charge in [0.15, 0.2) is 0 Å². The molecule has 3 N–H and O–H groups in total. The Hall–Kier alpha value is -3.95. The van der Waals surface area contributed by atoms with Crippen LogP contribution >= 0.6 is 11.6 Å². The van der Waals surface area contributed by atoms with Crippen LogP contribution in [0.3, 0.4) is 0 Å². The van der Waals surface area contributed by atoms with Gasteiger partial charge in [0.1, 0.15) is 5.15 Å². The van der Waals surface area contributed by atoms with Gasteiger partial charge in [0.2, 0.25) is 0 Å². The number of anilines is 2. The van der Waals surface area contributed by atoms with Crippen molar-refractivity contribution in [2.24, 2.45) is 0 Å². The molecule has 2 aromatic carbocycles. The quantitative estimate of drug-likeness (QED) is 0.343. The maximum Gasteiger partial charge on any atom is 0.305 e. The maximum absolute atomic E-state index is 13.4. The molecule has 1 fully saturated rings. The SMILES string of the molecule is Cc1ccc(C(CC(=O)O)NC(=O)c2ccc(N3C(C)COCC3C)c(NC(=O)c3ccc(Cl)nc3)c2)cc1. The summed E-state index contributed by atoms with van der Waals surface area (Å²) < 4.78 is 5.67. The Labute approximate surface area is 232 Å². The van der Waals surface area contributed by atoms with Gasteiger partial charge in [-0.15, -0.1) is 0 Å². The third-order valence-corrected chi connectivity index (χ3v) is 6.83. The average Bonchev–Trinajstić information content (AvgIpc) is 2.89. The van der Waals surface area contributed by atoms with Gasteiger partial charge in [0, 0.05) is 23.8 Å². The number of carboxylic acid groups (broad SMARTS) is 1. The number of carboxylic acids is 1. The van der Waals surface area contributed by atoms with E-state index in [9.17, 15) is 19.5 Å². The van der Waals surface area contributed by atoms with Crippen molar-refractivity contribution in [1.82, 2.24) is 10.3 Å². The summed E-state index contributed by atoms with van der Waals surface area (Å²) >= 11 is 5.87. The molecule has 10 heteroatoms. The molecule has 0 radical (unpaired) electrons. The Morgan fingerprint density at radius 1 is 1.03 bits per heavy atom. The molecule has 0 spiro atoms. The first-order valence-corrected chi connectivity index (χ1v) is 13.0. The number of morpholine rings is 1. The number of benzene rings is 2. The number of rotatable bonds is 8. The van der Waals surface area contributed by atoms with Crippen LogP contribution in [0.5, 0.6) is 0 Å². The highest BCUT2D eigenvalue weighted by atomic mass is 35.5. The molecule has 1 aliphatic heterocycles. The van der Waals surface area contributed by atoms with E-state index in [0.29, 0.717) is 30.0 Å². The van der Waals surface area contributed by atoms with Crippen molar-refractivity contribution in [3.8, 4) is 0 Å². The van der Waals surface area contributed by atoms with Gasteiger partial charge < -0.3 is 25.4 Å². The van der Waals surface area contributed by atoms with Crippen molar-refractivity contribution in [3.63, 3.8) is 0 Å². The predicted molar refractivity (Wildman–Crippen MR) is 150 cm³/mol. The van der Waals surface area contributed by atoms with Crippen molar-refractivity contribution in [2.75, 3.05) is 23.4 Å². The minimum Gasteiger partial charge on any atom is -0.481 e. The number of hydrogen-bond acceptors (Lipinski definition) is 6. The lowest BCUT2D eigenvalue weighted by molar-refractivity contribution is -0.137. The molecule has 3 aromatic rings. The Balaban J connectivity index is 1.67. The number of nitrogens with one attached hydrogen (secondary N) is 2. The second-order valence-corrected chi connectivity index (χ2v) is 10.1. The lowest BCUT2D eigenvalue weighted by Gasteiger charge is -2.41. The Morgan fingerprint density at radius 3 is 2.31 bits per heavy atom. The lowest BCUT2D eigenvalue weighted by Crippen LogP contribution is -2.50. The van der Waals surface area contributed by atoms with Crippen molar-refractivity contribution < 1.29 is 24.2 Å². The predicted octanol–water partition coefficient (Wildman–Crippen LogP) is 4.86. The van der Waals surface area contributed by atoms with Gasteiger partial charge >= 0.3 is 5.97 Å². The normalized spacial score (nSPS) is 17.8. The molecule has 9 nitrogen and oxygen atoms in total. The first-order valence-electron chi connectivity index (χ1n) is 12.6. The third kappa shape index (κ3) is 6.93. The Kier molecular flexibility index (Phi) is 8.83. The minimum atomic E-state index is -1.03. The van der Waals surface area contributed by atoms with Crippen LogP contribution in [-0.4, -0.2) is 53.2 Å². The first kappa shape index (κ1) is 28.1. The number of pyridine rings is 1. The van der Waals surface area contributed by atoms with E-state index in [1.165, 1.54) is 12.3 Å². The van der Waals surface area contributed by atoms with Crippen molar-refractivity contribution in [1.29, 1.82) is 0 Å². The number of aromatic nitrogens is 1. The van der Waals surface area contributed by atoms with Gasteiger partial charge in [-0.25, -0.2) is 4.98 Å². The zero-order valence-corrected chi connectivity index (χ0v) is 22.7. The zero-order valence-electron chi connectivity index (χ0n) is 22.0. The van der Waals surface area contributed by atoms with Crippen LogP contribution in [0, 0.1) is 6.92 Å². The number of nitrogens with zero attached hydrogens (tertiary/aromatic N) is 2. The Bertz CT molecular complexity index is 1340. The average molecular weight is 551 g/mol. The van der Waals surface area contributed by atoms with E-state index in [1.54, 1.807) is 36.4 Å². The number of carbonyl (C=O) groups excluding carboxylic acids is 2. The molecule has 3 atom stereocenters. The van der Waals surface area contributed by atoms with Crippen molar-refractivity contribution in [2.45, 2.75) is 45.3 Å². The number of amides is 2. The summed E-state index contributed by atoms with van der Waals surface area (Å²) in [5.41, 5.74) is 3.48. The smallest absolute Gasteiger partial charge is 0.305 e. The van der Waals surface area contributed by atoms with Gasteiger partial charge in [0.05, 0.1) is 42.6 Å². The highest BCUT2D eigenvalue weighted by Gasteiger charge is 2.29. The lowest BCUT2D eigenvalue weighted by atomic mass is 10.0. The van der Waals surface area contributed by atoms with Crippen LogP contribution in [0.2, 0.25) is 5.15 Å². The monoisotopic (exact) mass is 550 g/mol. The third-order valence-electron chi connectivity index (χ3n) is 6.61. The molecular weight excluding hydrogens is 520 g/mol. The molecule has 0 aliphatic carbocycles. The summed E-state index contributed by atoms with van der Waals surface area (Å²) in [6, 6.07) is 14.8. The van der Waals surface area contributed by atoms with E-state index < -0.39 is 23.8 Å². The fraction of sp³-hybridized carbons (Fsp3) is 0.310. The molecule has 1 aliphatic rings. The second-order valence-electron chi connectivity index (χ2n) is 9.73. The number of aryl methyl sites for hydroxylation is 1. The molecule has 1 saturated heterocycles. The van der Waals surface area contributed by atoms with Gasteiger partial charge in [-0.2, -0.15) is 0 Å². The molecule has 0 saturated carbocycles. The standard InChI is InChI=1S/C29H31ClN4O5/c1-17-4-6-20(7-5-17)23(13-27(35)36)32-28(37)21-8-10-25(34-18(2)15-39-16-19(34)3)24(12-21)33-29(38)22-9-11-26(30)31-14-22/h4-12,14,18-19,23H,13,15-16H2,1-3H3,(H,32,37)(H,33,38)(H,35,36). The minimum absolute atomic E-state index is 0.0303. The number of aliphatic carboxylic acids is 1. The van der Waals surface area contributed by atoms with E-state index >= 15 is 0 Å². The molecule has 2 amide bonds. The van der Waals surface area contributed by atoms with E-state index in [-0.39, 0.29) is 29.2 Å². The van der Waals surface area contributed by atoms with Crippen molar-refractivity contribution >= 4 is 40.8 Å². The number of ether oxygens (including phenoxy) is 1. The van der Waals surface area contributed by atoms with Gasteiger partial charge in [-0.1, -0.05) is 41.4 Å². The molecule has 3 unspecified atom stereocenters. The molecule has 2 heterocycles. The van der Waals surface area contributed by atoms with Gasteiger partial charge in [-0.3, -0.25) is 14.4 Å². The maximum atomic E-state index is 13.4. The van der Waals surface area contributed by atoms with Crippen LogP contribution in [0.4, 0.5) is 11.4 Å². The summed E-state index contributed by atoms with van der Waals surface area (Å²) in [5.74, 6) is -1.90. The largest absolute Gasteiger partial charge is 0.481 e. The van der Waals surface area contributed by atoms with Crippen LogP contribution < -0.4 is 15.5 Å². The van der Waals surface area contributed by atoms with Crippen LogP contribution in [0.1, 0.15) is 58.2 Å². The Morgan fingerprint density at radius 2 is 1.69 bits per heavy atom. The summed E-state index contributed by atoms with van der Waals surface area (Å²) in [4.78, 5) is 44.2. The van der Waals surface area contributed by atoms with Crippen LogP contribution in [-0.2, 0) is 9.53 Å². The highest BCUT2D eigenvalue weighted by Crippen LogP contribution is 2.33.